The number of carboxylic acid groups (broad SMARTS) is 1. The predicted octanol–water partition coefficient (Wildman–Crippen LogP) is 5.47. The van der Waals surface area contributed by atoms with Crippen molar-refractivity contribution in [1.29, 1.82) is 0 Å². The molecule has 27 heavy (non-hydrogen) atoms. The van der Waals surface area contributed by atoms with Gasteiger partial charge in [0.15, 0.2) is 0 Å². The quantitative estimate of drug-likeness (QED) is 0.513. The summed E-state index contributed by atoms with van der Waals surface area (Å²) in [5.41, 5.74) is 3.62. The van der Waals surface area contributed by atoms with E-state index in [1.54, 1.807) is 16.7 Å². The van der Waals surface area contributed by atoms with Gasteiger partial charge in [-0.1, -0.05) is 48.0 Å². The van der Waals surface area contributed by atoms with Crippen LogP contribution in [-0.2, 0) is 0 Å². The average Bonchev–Trinajstić information content (AvgIpc) is 2.98. The van der Waals surface area contributed by atoms with Crippen LogP contribution in [0.2, 0.25) is 5.15 Å². The molecule has 0 atom stereocenters. The molecule has 0 aliphatic heterocycles. The van der Waals surface area contributed by atoms with Crippen LogP contribution >= 0.6 is 11.6 Å². The minimum Gasteiger partial charge on any atom is -0.478 e. The van der Waals surface area contributed by atoms with Crippen LogP contribution in [-0.4, -0.2) is 20.5 Å². The fourth-order valence-electron chi connectivity index (χ4n) is 3.08. The average molecular weight is 381 g/mol. The first kappa shape index (κ1) is 17.2. The van der Waals surface area contributed by atoms with Gasteiger partial charge in [-0.05, 0) is 36.2 Å². The smallest absolute Gasteiger partial charge is 0.335 e. The number of aromatic carboxylic acids is 1. The molecule has 0 aliphatic rings. The summed E-state index contributed by atoms with van der Waals surface area (Å²) < 4.78 is 16.2. The van der Waals surface area contributed by atoms with Gasteiger partial charge in [0.1, 0.15) is 22.3 Å². The number of benzene rings is 2. The number of fused-ring (bicyclic) bond motifs is 1. The molecule has 0 aliphatic carbocycles. The van der Waals surface area contributed by atoms with Crippen LogP contribution in [0.1, 0.15) is 15.9 Å². The molecule has 6 heteroatoms. The standard InChI is InChI=1S/C21H14ClFN2O2/c1-12-6-7-15(17(23)10-12)14-4-2-3-5-16(14)19-20(22)25-9-8-13(21(26)27)11-18(25)24-19/h2-11H,1H3,(H,26,27). The molecule has 4 nitrogen and oxygen atoms in total. The van der Waals surface area contributed by atoms with Gasteiger partial charge in [-0.3, -0.25) is 4.40 Å². The highest BCUT2D eigenvalue weighted by Gasteiger charge is 2.18. The molecule has 0 spiro atoms. The van der Waals surface area contributed by atoms with E-state index >= 15 is 0 Å². The van der Waals surface area contributed by atoms with Crippen molar-refractivity contribution < 1.29 is 14.3 Å². The lowest BCUT2D eigenvalue weighted by Gasteiger charge is -2.10. The lowest BCUT2D eigenvalue weighted by Crippen LogP contribution is -1.97. The van der Waals surface area contributed by atoms with Gasteiger partial charge in [0.05, 0.1) is 5.56 Å². The number of rotatable bonds is 3. The molecule has 4 rings (SSSR count). The Morgan fingerprint density at radius 3 is 2.52 bits per heavy atom. The summed E-state index contributed by atoms with van der Waals surface area (Å²) in [4.78, 5) is 15.7. The molecule has 134 valence electrons. The van der Waals surface area contributed by atoms with Gasteiger partial charge in [0.25, 0.3) is 0 Å². The Morgan fingerprint density at radius 1 is 1.07 bits per heavy atom. The highest BCUT2D eigenvalue weighted by molar-refractivity contribution is 6.32. The van der Waals surface area contributed by atoms with Crippen LogP contribution < -0.4 is 0 Å². The van der Waals surface area contributed by atoms with Crippen molar-refractivity contribution in [2.24, 2.45) is 0 Å². The highest BCUT2D eigenvalue weighted by atomic mass is 35.5. The van der Waals surface area contributed by atoms with Gasteiger partial charge in [0, 0.05) is 17.3 Å². The first-order valence-corrected chi connectivity index (χ1v) is 8.60. The summed E-state index contributed by atoms with van der Waals surface area (Å²) in [6.07, 6.45) is 1.56. The minimum absolute atomic E-state index is 0.119. The van der Waals surface area contributed by atoms with E-state index in [9.17, 15) is 14.3 Å². The molecule has 0 saturated heterocycles. The van der Waals surface area contributed by atoms with E-state index in [1.807, 2.05) is 37.3 Å². The third-order valence-electron chi connectivity index (χ3n) is 4.41. The number of hydrogen-bond acceptors (Lipinski definition) is 2. The van der Waals surface area contributed by atoms with Crippen LogP contribution in [0.3, 0.4) is 0 Å². The SMILES string of the molecule is Cc1ccc(-c2ccccc2-c2nc3cc(C(=O)O)ccn3c2Cl)c(F)c1. The Kier molecular flexibility index (Phi) is 4.16. The Bertz CT molecular complexity index is 1200. The number of carbonyl (C=O) groups is 1. The van der Waals surface area contributed by atoms with E-state index in [4.69, 9.17) is 11.6 Å². The number of imidazole rings is 1. The van der Waals surface area contributed by atoms with Crippen LogP contribution in [0.5, 0.6) is 0 Å². The fraction of sp³-hybridized carbons (Fsp3) is 0.0476. The molecule has 0 radical (unpaired) electrons. The van der Waals surface area contributed by atoms with Crippen molar-refractivity contribution in [1.82, 2.24) is 9.38 Å². The summed E-state index contributed by atoms with van der Waals surface area (Å²) in [7, 11) is 0. The number of nitrogens with zero attached hydrogens (tertiary/aromatic N) is 2. The highest BCUT2D eigenvalue weighted by Crippen LogP contribution is 2.37. The molecule has 2 aromatic carbocycles. The van der Waals surface area contributed by atoms with Crippen molar-refractivity contribution >= 4 is 23.2 Å². The van der Waals surface area contributed by atoms with Gasteiger partial charge in [0.2, 0.25) is 0 Å². The van der Waals surface area contributed by atoms with Crippen molar-refractivity contribution in [3.63, 3.8) is 0 Å². The van der Waals surface area contributed by atoms with E-state index in [1.165, 1.54) is 18.2 Å². The van der Waals surface area contributed by atoms with Crippen LogP contribution in [0.4, 0.5) is 4.39 Å². The Labute approximate surface area is 159 Å². The summed E-state index contributed by atoms with van der Waals surface area (Å²) in [6.45, 7) is 1.83. The number of carboxylic acids is 1. The molecule has 0 bridgehead atoms. The lowest BCUT2D eigenvalue weighted by atomic mass is 9.97. The molecule has 2 aromatic heterocycles. The molecule has 0 saturated carbocycles. The molecular weight excluding hydrogens is 367 g/mol. The van der Waals surface area contributed by atoms with Gasteiger partial charge in [-0.15, -0.1) is 0 Å². The van der Waals surface area contributed by atoms with Gasteiger partial charge >= 0.3 is 5.97 Å². The number of aromatic nitrogens is 2. The van der Waals surface area contributed by atoms with Crippen molar-refractivity contribution in [3.8, 4) is 22.4 Å². The zero-order valence-electron chi connectivity index (χ0n) is 14.3. The third kappa shape index (κ3) is 2.96. The first-order valence-electron chi connectivity index (χ1n) is 8.22. The predicted molar refractivity (Wildman–Crippen MR) is 103 cm³/mol. The Morgan fingerprint density at radius 2 is 1.81 bits per heavy atom. The van der Waals surface area contributed by atoms with E-state index in [0.717, 1.165) is 5.56 Å². The minimum atomic E-state index is -1.04. The monoisotopic (exact) mass is 380 g/mol. The maximum absolute atomic E-state index is 14.6. The van der Waals surface area contributed by atoms with Crippen LogP contribution in [0.25, 0.3) is 28.0 Å². The van der Waals surface area contributed by atoms with Crippen LogP contribution in [0.15, 0.2) is 60.8 Å². The molecular formula is C21H14ClFN2O2. The molecule has 0 fully saturated rings. The summed E-state index contributed by atoms with van der Waals surface area (Å²) >= 11 is 6.51. The topological polar surface area (TPSA) is 54.6 Å². The maximum Gasteiger partial charge on any atom is 0.335 e. The summed E-state index contributed by atoms with van der Waals surface area (Å²) in [5.74, 6) is -1.37. The Balaban J connectivity index is 1.94. The van der Waals surface area contributed by atoms with E-state index in [-0.39, 0.29) is 11.4 Å². The normalized spacial score (nSPS) is 11.1. The second kappa shape index (κ2) is 6.52. The zero-order chi connectivity index (χ0) is 19.1. The summed E-state index contributed by atoms with van der Waals surface area (Å²) in [6, 6.07) is 15.3. The number of pyridine rings is 1. The van der Waals surface area contributed by atoms with Gasteiger partial charge < -0.3 is 5.11 Å². The fourth-order valence-corrected chi connectivity index (χ4v) is 3.37. The van der Waals surface area contributed by atoms with E-state index in [0.29, 0.717) is 33.2 Å². The van der Waals surface area contributed by atoms with E-state index < -0.39 is 5.97 Å². The van der Waals surface area contributed by atoms with Crippen molar-refractivity contribution in [2.45, 2.75) is 6.92 Å². The number of aryl methyl sites for hydroxylation is 1. The summed E-state index contributed by atoms with van der Waals surface area (Å²) in [5, 5.41) is 9.51. The molecule has 1 N–H and O–H groups in total. The molecule has 2 heterocycles. The molecule has 4 aromatic rings. The van der Waals surface area contributed by atoms with E-state index in [2.05, 4.69) is 4.98 Å². The second-order valence-corrected chi connectivity index (χ2v) is 6.59. The zero-order valence-corrected chi connectivity index (χ0v) is 15.0. The lowest BCUT2D eigenvalue weighted by molar-refractivity contribution is 0.0697. The number of halogens is 2. The molecule has 0 amide bonds. The van der Waals surface area contributed by atoms with Gasteiger partial charge in [-0.25, -0.2) is 14.2 Å². The second-order valence-electron chi connectivity index (χ2n) is 6.23. The largest absolute Gasteiger partial charge is 0.478 e. The Hall–Kier alpha value is -3.18. The number of hydrogen-bond donors (Lipinski definition) is 1. The van der Waals surface area contributed by atoms with Crippen LogP contribution in [0, 0.1) is 12.7 Å². The van der Waals surface area contributed by atoms with Crippen molar-refractivity contribution in [2.75, 3.05) is 0 Å². The van der Waals surface area contributed by atoms with Crippen molar-refractivity contribution in [3.05, 3.63) is 82.9 Å². The maximum atomic E-state index is 14.6. The molecule has 0 unspecified atom stereocenters. The first-order chi connectivity index (χ1) is 13.0. The third-order valence-corrected chi connectivity index (χ3v) is 4.77. The van der Waals surface area contributed by atoms with Gasteiger partial charge in [-0.2, -0.15) is 0 Å².